The van der Waals surface area contributed by atoms with Gasteiger partial charge < -0.3 is 10.2 Å². The van der Waals surface area contributed by atoms with Gasteiger partial charge in [0.2, 0.25) is 0 Å². The summed E-state index contributed by atoms with van der Waals surface area (Å²) in [5, 5.41) is 3.39. The molecule has 1 N–H and O–H groups in total. The molecule has 2 aliphatic heterocycles. The molecular formula is C18H28N4OS. The number of benzene rings is 1. The van der Waals surface area contributed by atoms with Crippen molar-refractivity contribution in [1.82, 2.24) is 15.1 Å². The summed E-state index contributed by atoms with van der Waals surface area (Å²) < 4.78 is 12.3. The van der Waals surface area contributed by atoms with E-state index in [4.69, 9.17) is 0 Å². The Bertz CT molecular complexity index is 572. The van der Waals surface area contributed by atoms with E-state index in [0.717, 1.165) is 23.9 Å². The zero-order chi connectivity index (χ0) is 16.8. The maximum Gasteiger partial charge on any atom is 0.193 e. The smallest absolute Gasteiger partial charge is 0.193 e. The fourth-order valence-electron chi connectivity index (χ4n) is 3.62. The molecule has 0 saturated carbocycles. The second kappa shape index (κ2) is 8.62. The molecule has 2 heterocycles. The van der Waals surface area contributed by atoms with Crippen molar-refractivity contribution in [2.45, 2.75) is 30.2 Å². The van der Waals surface area contributed by atoms with Crippen LogP contribution in [0.15, 0.2) is 40.2 Å². The zero-order valence-corrected chi connectivity index (χ0v) is 15.3. The Balaban J connectivity index is 1.45. The highest BCUT2D eigenvalue weighted by atomic mass is 32.2. The molecule has 0 amide bonds. The van der Waals surface area contributed by atoms with E-state index < -0.39 is 10.8 Å². The van der Waals surface area contributed by atoms with Crippen LogP contribution in [0.4, 0.5) is 0 Å². The van der Waals surface area contributed by atoms with Gasteiger partial charge in [-0.3, -0.25) is 14.1 Å². The third kappa shape index (κ3) is 4.36. The third-order valence-electron chi connectivity index (χ3n) is 4.91. The van der Waals surface area contributed by atoms with Crippen LogP contribution in [0, 0.1) is 0 Å². The molecule has 1 aromatic carbocycles. The van der Waals surface area contributed by atoms with Crippen molar-refractivity contribution < 1.29 is 4.21 Å². The second-order valence-corrected chi connectivity index (χ2v) is 8.04. The quantitative estimate of drug-likeness (QED) is 0.648. The number of likely N-dealkylation sites (tertiary alicyclic amines) is 2. The summed E-state index contributed by atoms with van der Waals surface area (Å²) in [6.45, 7) is 5.30. The average molecular weight is 349 g/mol. The van der Waals surface area contributed by atoms with Crippen molar-refractivity contribution in [3.8, 4) is 0 Å². The van der Waals surface area contributed by atoms with Crippen LogP contribution in [0.1, 0.15) is 19.3 Å². The van der Waals surface area contributed by atoms with Crippen LogP contribution < -0.4 is 5.32 Å². The van der Waals surface area contributed by atoms with Crippen LogP contribution in [0.5, 0.6) is 0 Å². The van der Waals surface area contributed by atoms with Crippen LogP contribution >= 0.6 is 0 Å². The predicted octanol–water partition coefficient (Wildman–Crippen LogP) is 1.54. The molecule has 5 nitrogen and oxygen atoms in total. The Morgan fingerprint density at radius 3 is 2.71 bits per heavy atom. The molecule has 0 aliphatic carbocycles. The number of rotatable bonds is 5. The van der Waals surface area contributed by atoms with Crippen molar-refractivity contribution >= 4 is 16.8 Å². The molecule has 6 heteroatoms. The molecular weight excluding hydrogens is 320 g/mol. The Morgan fingerprint density at radius 1 is 1.25 bits per heavy atom. The molecule has 2 aliphatic rings. The van der Waals surface area contributed by atoms with Gasteiger partial charge in [0.15, 0.2) is 5.96 Å². The van der Waals surface area contributed by atoms with Gasteiger partial charge in [-0.15, -0.1) is 0 Å². The first-order valence-corrected chi connectivity index (χ1v) is 10.2. The monoisotopic (exact) mass is 348 g/mol. The lowest BCUT2D eigenvalue weighted by atomic mass is 10.2. The minimum atomic E-state index is -0.956. The van der Waals surface area contributed by atoms with Crippen LogP contribution in [0.25, 0.3) is 0 Å². The highest BCUT2D eigenvalue weighted by molar-refractivity contribution is 7.85. The standard InChI is InChI=1S/C18H28N4OS/c1-19-18(20-10-14-24(23)17-7-3-2-4-8-17)22-13-9-16(15-22)21-11-5-6-12-21/h2-4,7-8,16H,5-6,9-15H2,1H3,(H,19,20). The van der Waals surface area contributed by atoms with Gasteiger partial charge in [-0.05, 0) is 44.5 Å². The lowest BCUT2D eigenvalue weighted by Crippen LogP contribution is -2.43. The number of hydrogen-bond donors (Lipinski definition) is 1. The van der Waals surface area contributed by atoms with Gasteiger partial charge in [0, 0.05) is 43.4 Å². The maximum atomic E-state index is 12.3. The molecule has 24 heavy (non-hydrogen) atoms. The van der Waals surface area contributed by atoms with Crippen molar-refractivity contribution in [1.29, 1.82) is 0 Å². The fraction of sp³-hybridized carbons (Fsp3) is 0.611. The van der Waals surface area contributed by atoms with Crippen LogP contribution in [0.3, 0.4) is 0 Å². The van der Waals surface area contributed by atoms with Gasteiger partial charge in [0.1, 0.15) is 0 Å². The Labute approximate surface area is 147 Å². The van der Waals surface area contributed by atoms with Crippen molar-refractivity contribution in [3.05, 3.63) is 30.3 Å². The molecule has 2 atom stereocenters. The number of nitrogens with one attached hydrogen (secondary N) is 1. The fourth-order valence-corrected chi connectivity index (χ4v) is 4.60. The van der Waals surface area contributed by atoms with E-state index in [0.29, 0.717) is 18.3 Å². The van der Waals surface area contributed by atoms with Crippen molar-refractivity contribution in [3.63, 3.8) is 0 Å². The minimum absolute atomic E-state index is 0.604. The van der Waals surface area contributed by atoms with E-state index in [1.54, 1.807) is 0 Å². The van der Waals surface area contributed by atoms with E-state index in [1.807, 2.05) is 37.4 Å². The van der Waals surface area contributed by atoms with Gasteiger partial charge in [-0.1, -0.05) is 18.2 Å². The van der Waals surface area contributed by atoms with E-state index in [2.05, 4.69) is 20.1 Å². The Kier molecular flexibility index (Phi) is 6.26. The van der Waals surface area contributed by atoms with Gasteiger partial charge in [-0.2, -0.15) is 0 Å². The predicted molar refractivity (Wildman–Crippen MR) is 99.9 cm³/mol. The molecule has 2 unspecified atom stereocenters. The molecule has 1 aromatic rings. The van der Waals surface area contributed by atoms with Gasteiger partial charge >= 0.3 is 0 Å². The second-order valence-electron chi connectivity index (χ2n) is 6.47. The third-order valence-corrected chi connectivity index (χ3v) is 6.28. The number of nitrogens with zero attached hydrogens (tertiary/aromatic N) is 3. The molecule has 0 radical (unpaired) electrons. The number of aliphatic imine (C=N–C) groups is 1. The number of guanidine groups is 1. The van der Waals surface area contributed by atoms with Crippen LogP contribution in [0.2, 0.25) is 0 Å². The van der Waals surface area contributed by atoms with Gasteiger partial charge in [-0.25, -0.2) is 0 Å². The molecule has 0 spiro atoms. The normalized spacial score (nSPS) is 23.6. The van der Waals surface area contributed by atoms with Crippen molar-refractivity contribution in [2.75, 3.05) is 45.5 Å². The summed E-state index contributed by atoms with van der Waals surface area (Å²) in [5.41, 5.74) is 0. The molecule has 3 rings (SSSR count). The topological polar surface area (TPSA) is 47.9 Å². The summed E-state index contributed by atoms with van der Waals surface area (Å²) in [6, 6.07) is 10.3. The largest absolute Gasteiger partial charge is 0.355 e. The van der Waals surface area contributed by atoms with E-state index in [-0.39, 0.29) is 0 Å². The zero-order valence-electron chi connectivity index (χ0n) is 14.5. The first-order chi connectivity index (χ1) is 11.8. The highest BCUT2D eigenvalue weighted by Crippen LogP contribution is 2.20. The Hall–Kier alpha value is -1.40. The first-order valence-electron chi connectivity index (χ1n) is 8.91. The van der Waals surface area contributed by atoms with Gasteiger partial charge in [0.25, 0.3) is 0 Å². The van der Waals surface area contributed by atoms with Crippen LogP contribution in [-0.2, 0) is 10.8 Å². The van der Waals surface area contributed by atoms with E-state index >= 15 is 0 Å². The first kappa shape index (κ1) is 17.4. The molecule has 0 bridgehead atoms. The molecule has 2 fully saturated rings. The lowest BCUT2D eigenvalue weighted by Gasteiger charge is -2.25. The summed E-state index contributed by atoms with van der Waals surface area (Å²) in [5.74, 6) is 1.55. The number of hydrogen-bond acceptors (Lipinski definition) is 3. The van der Waals surface area contributed by atoms with E-state index in [1.165, 1.54) is 32.4 Å². The summed E-state index contributed by atoms with van der Waals surface area (Å²) in [4.78, 5) is 10.3. The van der Waals surface area contributed by atoms with Crippen molar-refractivity contribution in [2.24, 2.45) is 4.99 Å². The highest BCUT2D eigenvalue weighted by Gasteiger charge is 2.30. The molecule has 2 saturated heterocycles. The average Bonchev–Trinajstić information content (AvgIpc) is 3.30. The molecule has 132 valence electrons. The molecule has 0 aromatic heterocycles. The Morgan fingerprint density at radius 2 is 2.00 bits per heavy atom. The summed E-state index contributed by atoms with van der Waals surface area (Å²) >= 11 is 0. The maximum absolute atomic E-state index is 12.3. The summed E-state index contributed by atoms with van der Waals surface area (Å²) in [7, 11) is 0.877. The van der Waals surface area contributed by atoms with Crippen LogP contribution in [-0.4, -0.2) is 71.5 Å². The minimum Gasteiger partial charge on any atom is -0.355 e. The lowest BCUT2D eigenvalue weighted by molar-refractivity contribution is 0.249. The SMILES string of the molecule is CN=C(NCCS(=O)c1ccccc1)N1CCC(N2CCCC2)C1. The van der Waals surface area contributed by atoms with E-state index in [9.17, 15) is 4.21 Å². The van der Waals surface area contributed by atoms with Gasteiger partial charge in [0.05, 0.1) is 10.8 Å². The summed E-state index contributed by atoms with van der Waals surface area (Å²) in [6.07, 6.45) is 3.90.